The van der Waals surface area contributed by atoms with Crippen LogP contribution >= 0.6 is 11.6 Å². The number of carbonyl (C=O) groups excluding carboxylic acids is 1. The molecule has 0 saturated carbocycles. The van der Waals surface area contributed by atoms with Crippen LogP contribution in [-0.4, -0.2) is 5.78 Å². The number of ketones is 1. The van der Waals surface area contributed by atoms with Gasteiger partial charge in [-0.3, -0.25) is 4.79 Å². The molecule has 2 aromatic rings. The van der Waals surface area contributed by atoms with Gasteiger partial charge in [0.05, 0.1) is 0 Å². The highest BCUT2D eigenvalue weighted by molar-refractivity contribution is 6.31. The summed E-state index contributed by atoms with van der Waals surface area (Å²) in [5, 5.41) is 0.0291. The molecule has 1 nitrogen and oxygen atoms in total. The molecule has 0 aliphatic rings. The molecule has 0 atom stereocenters. The highest BCUT2D eigenvalue weighted by atomic mass is 35.5. The number of halogens is 5. The summed E-state index contributed by atoms with van der Waals surface area (Å²) in [7, 11) is 0. The SMILES string of the molecule is O=C(Cc1c(F)cccc1Cl)c1cc(F)c(F)c(F)c1. The van der Waals surface area contributed by atoms with Gasteiger partial charge in [-0.1, -0.05) is 17.7 Å². The Morgan fingerprint density at radius 1 is 1.00 bits per heavy atom. The van der Waals surface area contributed by atoms with E-state index in [1.165, 1.54) is 12.1 Å². The first-order valence-corrected chi connectivity index (χ1v) is 5.88. The molecule has 0 unspecified atom stereocenters. The average molecular weight is 303 g/mol. The van der Waals surface area contributed by atoms with E-state index in [0.29, 0.717) is 12.1 Å². The van der Waals surface area contributed by atoms with Crippen LogP contribution in [0, 0.1) is 23.3 Å². The molecule has 0 saturated heterocycles. The summed E-state index contributed by atoms with van der Waals surface area (Å²) in [6, 6.07) is 4.99. The predicted octanol–water partition coefficient (Wildman–Crippen LogP) is 4.32. The molecule has 0 spiro atoms. The maximum atomic E-state index is 13.5. The molecule has 20 heavy (non-hydrogen) atoms. The van der Waals surface area contributed by atoms with E-state index < -0.39 is 35.5 Å². The minimum absolute atomic E-state index is 0.0291. The fourth-order valence-corrected chi connectivity index (χ4v) is 1.91. The Hall–Kier alpha value is -1.88. The Balaban J connectivity index is 2.34. The van der Waals surface area contributed by atoms with Crippen molar-refractivity contribution in [2.45, 2.75) is 6.42 Å². The van der Waals surface area contributed by atoms with Crippen molar-refractivity contribution in [2.24, 2.45) is 0 Å². The van der Waals surface area contributed by atoms with Crippen LogP contribution in [0.25, 0.3) is 0 Å². The Morgan fingerprint density at radius 3 is 2.15 bits per heavy atom. The number of Topliss-reactive ketones (excluding diaryl/α,β-unsaturated/α-hetero) is 1. The zero-order valence-electron chi connectivity index (χ0n) is 9.89. The molecule has 0 aliphatic carbocycles. The van der Waals surface area contributed by atoms with Crippen LogP contribution in [0.1, 0.15) is 15.9 Å². The number of carbonyl (C=O) groups is 1. The van der Waals surface area contributed by atoms with E-state index in [4.69, 9.17) is 11.6 Å². The van der Waals surface area contributed by atoms with E-state index in [9.17, 15) is 22.4 Å². The van der Waals surface area contributed by atoms with E-state index in [1.807, 2.05) is 0 Å². The number of hydrogen-bond acceptors (Lipinski definition) is 1. The zero-order chi connectivity index (χ0) is 14.9. The molecule has 104 valence electrons. The van der Waals surface area contributed by atoms with Gasteiger partial charge in [0.15, 0.2) is 23.2 Å². The van der Waals surface area contributed by atoms with E-state index in [2.05, 4.69) is 0 Å². The van der Waals surface area contributed by atoms with Crippen LogP contribution in [0.2, 0.25) is 5.02 Å². The lowest BCUT2D eigenvalue weighted by molar-refractivity contribution is 0.0990. The lowest BCUT2D eigenvalue weighted by atomic mass is 10.0. The van der Waals surface area contributed by atoms with Crippen molar-refractivity contribution in [2.75, 3.05) is 0 Å². The smallest absolute Gasteiger partial charge is 0.194 e. The molecule has 2 rings (SSSR count). The third kappa shape index (κ3) is 2.82. The molecule has 0 bridgehead atoms. The summed E-state index contributed by atoms with van der Waals surface area (Å²) in [6.45, 7) is 0. The topological polar surface area (TPSA) is 17.1 Å². The highest BCUT2D eigenvalue weighted by Crippen LogP contribution is 2.22. The summed E-state index contributed by atoms with van der Waals surface area (Å²) in [5.41, 5.74) is -0.468. The van der Waals surface area contributed by atoms with Crippen molar-refractivity contribution in [1.29, 1.82) is 0 Å². The van der Waals surface area contributed by atoms with E-state index in [-0.39, 0.29) is 16.1 Å². The van der Waals surface area contributed by atoms with Crippen LogP contribution in [0.5, 0.6) is 0 Å². The van der Waals surface area contributed by atoms with Crippen LogP contribution in [0.15, 0.2) is 30.3 Å². The summed E-state index contributed by atoms with van der Waals surface area (Å²) >= 11 is 5.75. The van der Waals surface area contributed by atoms with Gasteiger partial charge in [0, 0.05) is 22.6 Å². The first-order valence-electron chi connectivity index (χ1n) is 5.50. The molecular weight excluding hydrogens is 296 g/mol. The Kier molecular flexibility index (Phi) is 4.09. The van der Waals surface area contributed by atoms with E-state index in [1.54, 1.807) is 0 Å². The van der Waals surface area contributed by atoms with Crippen LogP contribution < -0.4 is 0 Å². The Labute approximate surface area is 116 Å². The fraction of sp³-hybridized carbons (Fsp3) is 0.0714. The Morgan fingerprint density at radius 2 is 1.60 bits per heavy atom. The van der Waals surface area contributed by atoms with E-state index >= 15 is 0 Å². The molecular formula is C14H7ClF4O. The quantitative estimate of drug-likeness (QED) is 0.469. The van der Waals surface area contributed by atoms with Gasteiger partial charge < -0.3 is 0 Å². The second kappa shape index (κ2) is 5.63. The second-order valence-corrected chi connectivity index (χ2v) is 4.46. The molecule has 6 heteroatoms. The predicted molar refractivity (Wildman–Crippen MR) is 65.8 cm³/mol. The number of benzene rings is 2. The molecule has 0 aliphatic heterocycles. The van der Waals surface area contributed by atoms with Gasteiger partial charge >= 0.3 is 0 Å². The molecule has 0 heterocycles. The standard InChI is InChI=1S/C14H7ClF4O/c15-9-2-1-3-10(16)8(9)6-13(20)7-4-11(17)14(19)12(18)5-7/h1-5H,6H2. The third-order valence-electron chi connectivity index (χ3n) is 2.70. The normalized spacial score (nSPS) is 10.7. The van der Waals surface area contributed by atoms with Crippen molar-refractivity contribution in [3.05, 3.63) is 69.8 Å². The first kappa shape index (κ1) is 14.5. The Bertz CT molecular complexity index is 642. The molecule has 0 N–H and O–H groups in total. The largest absolute Gasteiger partial charge is 0.294 e. The summed E-state index contributed by atoms with van der Waals surface area (Å²) in [5.74, 6) is -6.09. The van der Waals surface area contributed by atoms with E-state index in [0.717, 1.165) is 6.07 Å². The fourth-order valence-electron chi connectivity index (χ4n) is 1.68. The average Bonchev–Trinajstić information content (AvgIpc) is 2.39. The summed E-state index contributed by atoms with van der Waals surface area (Å²) < 4.78 is 52.4. The highest BCUT2D eigenvalue weighted by Gasteiger charge is 2.17. The lowest BCUT2D eigenvalue weighted by Crippen LogP contribution is -2.08. The van der Waals surface area contributed by atoms with Crippen molar-refractivity contribution in [1.82, 2.24) is 0 Å². The summed E-state index contributed by atoms with van der Waals surface area (Å²) in [4.78, 5) is 11.9. The molecule has 2 aromatic carbocycles. The molecule has 0 radical (unpaired) electrons. The van der Waals surface area contributed by atoms with Crippen LogP contribution in [0.4, 0.5) is 17.6 Å². The van der Waals surface area contributed by atoms with Gasteiger partial charge in [-0.05, 0) is 24.3 Å². The maximum absolute atomic E-state index is 13.5. The van der Waals surface area contributed by atoms with Gasteiger partial charge in [0.25, 0.3) is 0 Å². The van der Waals surface area contributed by atoms with Crippen LogP contribution in [0.3, 0.4) is 0 Å². The van der Waals surface area contributed by atoms with Crippen molar-refractivity contribution >= 4 is 17.4 Å². The minimum Gasteiger partial charge on any atom is -0.294 e. The van der Waals surface area contributed by atoms with Crippen molar-refractivity contribution < 1.29 is 22.4 Å². The van der Waals surface area contributed by atoms with Crippen LogP contribution in [-0.2, 0) is 6.42 Å². The second-order valence-electron chi connectivity index (χ2n) is 4.05. The third-order valence-corrected chi connectivity index (χ3v) is 3.06. The van der Waals surface area contributed by atoms with Gasteiger partial charge in [0.2, 0.25) is 0 Å². The minimum atomic E-state index is -1.66. The lowest BCUT2D eigenvalue weighted by Gasteiger charge is -2.06. The molecule has 0 aromatic heterocycles. The zero-order valence-corrected chi connectivity index (χ0v) is 10.6. The van der Waals surface area contributed by atoms with Gasteiger partial charge in [-0.2, -0.15) is 0 Å². The summed E-state index contributed by atoms with van der Waals surface area (Å²) in [6.07, 6.45) is -0.476. The first-order chi connectivity index (χ1) is 9.40. The molecule has 0 fully saturated rings. The van der Waals surface area contributed by atoms with Gasteiger partial charge in [-0.15, -0.1) is 0 Å². The van der Waals surface area contributed by atoms with Crippen molar-refractivity contribution in [3.63, 3.8) is 0 Å². The number of rotatable bonds is 3. The maximum Gasteiger partial charge on any atom is 0.194 e. The van der Waals surface area contributed by atoms with Gasteiger partial charge in [-0.25, -0.2) is 17.6 Å². The van der Waals surface area contributed by atoms with Crippen molar-refractivity contribution in [3.8, 4) is 0 Å². The monoisotopic (exact) mass is 302 g/mol. The molecule has 0 amide bonds. The van der Waals surface area contributed by atoms with Gasteiger partial charge in [0.1, 0.15) is 5.82 Å². The number of hydrogen-bond donors (Lipinski definition) is 0.